The average Bonchev–Trinajstić information content (AvgIpc) is 2.65. The number of carbonyl (C=O) groups is 1. The quantitative estimate of drug-likeness (QED) is 0.674. The van der Waals surface area contributed by atoms with E-state index in [4.69, 9.17) is 16.3 Å². The van der Waals surface area contributed by atoms with Crippen LogP contribution in [0.3, 0.4) is 0 Å². The summed E-state index contributed by atoms with van der Waals surface area (Å²) in [6.45, 7) is 0. The molecule has 3 aromatic rings. The van der Waals surface area contributed by atoms with Gasteiger partial charge in [-0.25, -0.2) is 18.7 Å². The van der Waals surface area contributed by atoms with E-state index in [1.165, 1.54) is 25.6 Å². The Kier molecular flexibility index (Phi) is 5.46. The van der Waals surface area contributed by atoms with Gasteiger partial charge in [-0.1, -0.05) is 11.6 Å². The maximum Gasteiger partial charge on any atom is 0.274 e. The zero-order valence-corrected chi connectivity index (χ0v) is 14.7. The number of nitrogens with zero attached hydrogens (tertiary/aromatic N) is 2. The zero-order valence-electron chi connectivity index (χ0n) is 14.0. The van der Waals surface area contributed by atoms with E-state index in [1.54, 1.807) is 18.2 Å². The van der Waals surface area contributed by atoms with Gasteiger partial charge in [-0.3, -0.25) is 4.79 Å². The number of hydrogen-bond acceptors (Lipinski definition) is 5. The van der Waals surface area contributed by atoms with Crippen molar-refractivity contribution in [1.29, 1.82) is 0 Å². The molecule has 0 atom stereocenters. The Hall–Kier alpha value is -3.26. The van der Waals surface area contributed by atoms with Crippen LogP contribution in [0.2, 0.25) is 5.02 Å². The molecule has 2 N–H and O–H groups in total. The van der Waals surface area contributed by atoms with Crippen LogP contribution in [0.5, 0.6) is 5.75 Å². The largest absolute Gasteiger partial charge is 0.495 e. The number of methoxy groups -OCH3 is 1. The van der Waals surface area contributed by atoms with Crippen molar-refractivity contribution in [2.45, 2.75) is 0 Å². The van der Waals surface area contributed by atoms with E-state index in [-0.39, 0.29) is 11.4 Å². The third-order valence-electron chi connectivity index (χ3n) is 3.50. The lowest BCUT2D eigenvalue weighted by atomic mass is 10.2. The van der Waals surface area contributed by atoms with Gasteiger partial charge in [0.2, 0.25) is 0 Å². The Labute approximate surface area is 158 Å². The van der Waals surface area contributed by atoms with Crippen LogP contribution < -0.4 is 15.4 Å². The molecule has 3 rings (SSSR count). The third kappa shape index (κ3) is 4.48. The predicted molar refractivity (Wildman–Crippen MR) is 97.6 cm³/mol. The molecule has 0 radical (unpaired) electrons. The van der Waals surface area contributed by atoms with Gasteiger partial charge in [0.1, 0.15) is 23.6 Å². The van der Waals surface area contributed by atoms with Crippen molar-refractivity contribution in [1.82, 2.24) is 9.97 Å². The van der Waals surface area contributed by atoms with Crippen molar-refractivity contribution in [3.63, 3.8) is 0 Å². The van der Waals surface area contributed by atoms with Crippen LogP contribution in [0, 0.1) is 11.6 Å². The van der Waals surface area contributed by atoms with Gasteiger partial charge in [0.25, 0.3) is 5.91 Å². The summed E-state index contributed by atoms with van der Waals surface area (Å²) in [4.78, 5) is 20.2. The third-order valence-corrected chi connectivity index (χ3v) is 3.74. The number of halogens is 3. The minimum Gasteiger partial charge on any atom is -0.495 e. The second kappa shape index (κ2) is 7.96. The minimum absolute atomic E-state index is 0.0261. The van der Waals surface area contributed by atoms with E-state index in [1.807, 2.05) is 0 Å². The zero-order chi connectivity index (χ0) is 19.4. The first-order valence-electron chi connectivity index (χ1n) is 7.65. The first-order valence-corrected chi connectivity index (χ1v) is 8.03. The molecule has 9 heteroatoms. The Morgan fingerprint density at radius 3 is 2.63 bits per heavy atom. The molecular weight excluding hydrogens is 378 g/mol. The summed E-state index contributed by atoms with van der Waals surface area (Å²) >= 11 is 5.99. The smallest absolute Gasteiger partial charge is 0.274 e. The van der Waals surface area contributed by atoms with Crippen LogP contribution >= 0.6 is 11.6 Å². The fraction of sp³-hybridized carbons (Fsp3) is 0.0556. The van der Waals surface area contributed by atoms with Gasteiger partial charge in [0.05, 0.1) is 12.8 Å². The van der Waals surface area contributed by atoms with E-state index in [2.05, 4.69) is 20.6 Å². The standard InChI is InChI=1S/C18H13ClF2N4O2/c1-27-16-5-2-10(19)6-14(16)25-17-8-15(22-9-23-17)18(26)24-11-3-4-12(20)13(21)7-11/h2-9H,1H3,(H,24,26)(H,22,23,25). The van der Waals surface area contributed by atoms with Crippen molar-refractivity contribution in [2.75, 3.05) is 17.7 Å². The number of benzene rings is 2. The molecule has 0 bridgehead atoms. The second-order valence-electron chi connectivity index (χ2n) is 5.34. The lowest BCUT2D eigenvalue weighted by molar-refractivity contribution is 0.102. The van der Waals surface area contributed by atoms with E-state index in [9.17, 15) is 13.6 Å². The topological polar surface area (TPSA) is 76.1 Å². The summed E-state index contributed by atoms with van der Waals surface area (Å²) in [6, 6.07) is 9.44. The maximum atomic E-state index is 13.3. The van der Waals surface area contributed by atoms with Gasteiger partial charge in [0.15, 0.2) is 11.6 Å². The average molecular weight is 391 g/mol. The maximum absolute atomic E-state index is 13.3. The van der Waals surface area contributed by atoms with Gasteiger partial charge < -0.3 is 15.4 Å². The van der Waals surface area contributed by atoms with Gasteiger partial charge in [-0.15, -0.1) is 0 Å². The van der Waals surface area contributed by atoms with Gasteiger partial charge in [0, 0.05) is 22.8 Å². The number of rotatable bonds is 5. The number of carbonyl (C=O) groups excluding carboxylic acids is 1. The highest BCUT2D eigenvalue weighted by Gasteiger charge is 2.12. The molecule has 1 heterocycles. The summed E-state index contributed by atoms with van der Waals surface area (Å²) in [7, 11) is 1.51. The molecule has 0 unspecified atom stereocenters. The van der Waals surface area contributed by atoms with E-state index < -0.39 is 17.5 Å². The number of amides is 1. The molecule has 0 saturated carbocycles. The van der Waals surface area contributed by atoms with E-state index in [0.29, 0.717) is 22.3 Å². The van der Waals surface area contributed by atoms with Crippen molar-refractivity contribution in [3.8, 4) is 5.75 Å². The lowest BCUT2D eigenvalue weighted by Gasteiger charge is -2.11. The van der Waals surface area contributed by atoms with E-state index >= 15 is 0 Å². The molecule has 1 aromatic heterocycles. The molecule has 0 aliphatic rings. The number of nitrogens with one attached hydrogen (secondary N) is 2. The number of hydrogen-bond donors (Lipinski definition) is 2. The monoisotopic (exact) mass is 390 g/mol. The van der Waals surface area contributed by atoms with Gasteiger partial charge in [-0.2, -0.15) is 0 Å². The van der Waals surface area contributed by atoms with Crippen LogP contribution in [0.25, 0.3) is 0 Å². The molecule has 1 amide bonds. The first-order chi connectivity index (χ1) is 13.0. The van der Waals surface area contributed by atoms with Crippen LogP contribution in [0.15, 0.2) is 48.8 Å². The van der Waals surface area contributed by atoms with Crippen molar-refractivity contribution < 1.29 is 18.3 Å². The number of anilines is 3. The molecule has 0 fully saturated rings. The molecule has 2 aromatic carbocycles. The molecule has 0 spiro atoms. The highest BCUT2D eigenvalue weighted by Crippen LogP contribution is 2.30. The van der Waals surface area contributed by atoms with Crippen LogP contribution in [0.1, 0.15) is 10.5 Å². The fourth-order valence-electron chi connectivity index (χ4n) is 2.23. The molecule has 138 valence electrons. The highest BCUT2D eigenvalue weighted by atomic mass is 35.5. The summed E-state index contributed by atoms with van der Waals surface area (Å²) < 4.78 is 31.5. The molecule has 27 heavy (non-hydrogen) atoms. The second-order valence-corrected chi connectivity index (χ2v) is 5.78. The van der Waals surface area contributed by atoms with Crippen LogP contribution in [0.4, 0.5) is 26.0 Å². The van der Waals surface area contributed by atoms with Crippen molar-refractivity contribution in [2.24, 2.45) is 0 Å². The Bertz CT molecular complexity index is 1000. The highest BCUT2D eigenvalue weighted by molar-refractivity contribution is 6.31. The van der Waals surface area contributed by atoms with Crippen molar-refractivity contribution >= 4 is 34.7 Å². The lowest BCUT2D eigenvalue weighted by Crippen LogP contribution is -2.14. The SMILES string of the molecule is COc1ccc(Cl)cc1Nc1cc(C(=O)Nc2ccc(F)c(F)c2)ncn1. The Morgan fingerprint density at radius 1 is 1.07 bits per heavy atom. The Morgan fingerprint density at radius 2 is 1.89 bits per heavy atom. The summed E-state index contributed by atoms with van der Waals surface area (Å²) in [5.41, 5.74) is 0.678. The van der Waals surface area contributed by atoms with Crippen molar-refractivity contribution in [3.05, 3.63) is 71.1 Å². The number of aromatic nitrogens is 2. The predicted octanol–water partition coefficient (Wildman–Crippen LogP) is 4.41. The number of ether oxygens (including phenoxy) is 1. The summed E-state index contributed by atoms with van der Waals surface area (Å²) in [5.74, 6) is -1.82. The first kappa shape index (κ1) is 18.5. The Balaban J connectivity index is 1.80. The molecule has 6 nitrogen and oxygen atoms in total. The fourth-order valence-corrected chi connectivity index (χ4v) is 2.41. The molecule has 0 aliphatic heterocycles. The minimum atomic E-state index is -1.06. The molecule has 0 saturated heterocycles. The van der Waals surface area contributed by atoms with Crippen LogP contribution in [-0.4, -0.2) is 23.0 Å². The molecular formula is C18H13ClF2N4O2. The van der Waals surface area contributed by atoms with Gasteiger partial charge >= 0.3 is 0 Å². The normalized spacial score (nSPS) is 10.4. The summed E-state index contributed by atoms with van der Waals surface area (Å²) in [6.07, 6.45) is 1.19. The van der Waals surface area contributed by atoms with Gasteiger partial charge in [-0.05, 0) is 30.3 Å². The molecule has 0 aliphatic carbocycles. The van der Waals surface area contributed by atoms with Crippen LogP contribution in [-0.2, 0) is 0 Å². The summed E-state index contributed by atoms with van der Waals surface area (Å²) in [5, 5.41) is 5.92. The van der Waals surface area contributed by atoms with E-state index in [0.717, 1.165) is 12.1 Å².